The summed E-state index contributed by atoms with van der Waals surface area (Å²) in [4.78, 5) is 9.91. The molecule has 3 heteroatoms. The molecular formula is C6H12O3. The highest BCUT2D eigenvalue weighted by molar-refractivity contribution is 5.66. The van der Waals surface area contributed by atoms with E-state index in [4.69, 9.17) is 9.84 Å². The van der Waals surface area contributed by atoms with E-state index >= 15 is 0 Å². The molecule has 0 fully saturated rings. The Morgan fingerprint density at radius 1 is 1.67 bits per heavy atom. The zero-order valence-electron chi connectivity index (χ0n) is 5.59. The first kappa shape index (κ1) is 8.43. The quantitative estimate of drug-likeness (QED) is 0.565. The third-order valence-electron chi connectivity index (χ3n) is 0.883. The van der Waals surface area contributed by atoms with Gasteiger partial charge in [0.25, 0.3) is 0 Å². The van der Waals surface area contributed by atoms with Crippen molar-refractivity contribution in [3.05, 3.63) is 0 Å². The number of rotatable bonds is 5. The molecule has 54 valence electrons. The average Bonchev–Trinajstić information content (AvgIpc) is 1.80. The van der Waals surface area contributed by atoms with E-state index in [0.717, 1.165) is 0 Å². The number of carbonyl (C=O) groups is 1. The molecule has 0 aliphatic rings. The van der Waals surface area contributed by atoms with Crippen molar-refractivity contribution in [2.24, 2.45) is 0 Å². The largest absolute Gasteiger partial charge is 0.481 e. The molecule has 0 aliphatic heterocycles. The fourth-order valence-electron chi connectivity index (χ4n) is 0.470. The molecule has 0 saturated heterocycles. The van der Waals surface area contributed by atoms with Crippen LogP contribution in [0.5, 0.6) is 0 Å². The summed E-state index contributed by atoms with van der Waals surface area (Å²) in [6.07, 6.45) is 0.823. The molecule has 3 nitrogen and oxygen atoms in total. The first-order chi connectivity index (χ1) is 4.27. The van der Waals surface area contributed by atoms with Gasteiger partial charge in [0.05, 0.1) is 0 Å². The van der Waals surface area contributed by atoms with Crippen LogP contribution in [0.15, 0.2) is 0 Å². The zero-order valence-corrected chi connectivity index (χ0v) is 5.59. The highest BCUT2D eigenvalue weighted by Crippen LogP contribution is 1.88. The molecule has 1 N–H and O–H groups in total. The minimum Gasteiger partial charge on any atom is -0.481 e. The number of ether oxygens (including phenoxy) is 1. The molecule has 0 atom stereocenters. The maximum atomic E-state index is 9.91. The van der Waals surface area contributed by atoms with E-state index in [0.29, 0.717) is 19.6 Å². The van der Waals surface area contributed by atoms with Gasteiger partial charge in [0.2, 0.25) is 0 Å². The fraction of sp³-hybridized carbons (Fsp3) is 0.833. The van der Waals surface area contributed by atoms with E-state index in [9.17, 15) is 4.79 Å². The van der Waals surface area contributed by atoms with Crippen molar-refractivity contribution >= 4 is 5.97 Å². The zero-order chi connectivity index (χ0) is 7.11. The van der Waals surface area contributed by atoms with E-state index in [2.05, 4.69) is 0 Å². The van der Waals surface area contributed by atoms with Gasteiger partial charge in [0.15, 0.2) is 0 Å². The number of carboxylic acids is 1. The monoisotopic (exact) mass is 132 g/mol. The van der Waals surface area contributed by atoms with Crippen LogP contribution in [0.1, 0.15) is 19.8 Å². The second kappa shape index (κ2) is 5.56. The molecule has 0 saturated carbocycles. The van der Waals surface area contributed by atoms with Gasteiger partial charge in [0.1, 0.15) is 0 Å². The molecular weight excluding hydrogens is 120 g/mol. The molecule has 0 spiro atoms. The Labute approximate surface area is 54.6 Å². The first-order valence-corrected chi connectivity index (χ1v) is 3.07. The van der Waals surface area contributed by atoms with E-state index in [-0.39, 0.29) is 6.42 Å². The van der Waals surface area contributed by atoms with Crippen molar-refractivity contribution < 1.29 is 14.6 Å². The minimum absolute atomic E-state index is 0.208. The second-order valence-electron chi connectivity index (χ2n) is 1.69. The van der Waals surface area contributed by atoms with Crippen LogP contribution < -0.4 is 0 Å². The Morgan fingerprint density at radius 2 is 2.33 bits per heavy atom. The van der Waals surface area contributed by atoms with Crippen LogP contribution in [0.3, 0.4) is 0 Å². The van der Waals surface area contributed by atoms with Gasteiger partial charge in [-0.3, -0.25) is 4.79 Å². The summed E-state index contributed by atoms with van der Waals surface area (Å²) in [7, 11) is 0. The SMILES string of the molecule is CCOCCCC(=O)O. The Balaban J connectivity index is 2.83. The molecule has 0 amide bonds. The maximum Gasteiger partial charge on any atom is 0.303 e. The summed E-state index contributed by atoms with van der Waals surface area (Å²) in [5, 5.41) is 8.16. The third-order valence-corrected chi connectivity index (χ3v) is 0.883. The van der Waals surface area contributed by atoms with Crippen molar-refractivity contribution in [3.8, 4) is 0 Å². The molecule has 0 aliphatic carbocycles. The molecule has 0 radical (unpaired) electrons. The smallest absolute Gasteiger partial charge is 0.303 e. The lowest BCUT2D eigenvalue weighted by Crippen LogP contribution is -1.99. The molecule has 9 heavy (non-hydrogen) atoms. The first-order valence-electron chi connectivity index (χ1n) is 3.07. The van der Waals surface area contributed by atoms with Gasteiger partial charge in [-0.05, 0) is 13.3 Å². The van der Waals surface area contributed by atoms with Crippen molar-refractivity contribution in [1.29, 1.82) is 0 Å². The molecule has 0 aromatic heterocycles. The molecule has 0 unspecified atom stereocenters. The van der Waals surface area contributed by atoms with Crippen molar-refractivity contribution in [3.63, 3.8) is 0 Å². The Kier molecular flexibility index (Phi) is 5.21. The molecule has 0 aromatic rings. The maximum absolute atomic E-state index is 9.91. The molecule has 0 rings (SSSR count). The van der Waals surface area contributed by atoms with Crippen LogP contribution in [0.4, 0.5) is 0 Å². The highest BCUT2D eigenvalue weighted by Gasteiger charge is 1.94. The molecule has 0 bridgehead atoms. The van der Waals surface area contributed by atoms with Gasteiger partial charge in [-0.1, -0.05) is 0 Å². The molecule has 0 heterocycles. The van der Waals surface area contributed by atoms with Crippen molar-refractivity contribution in [1.82, 2.24) is 0 Å². The highest BCUT2D eigenvalue weighted by atomic mass is 16.5. The second-order valence-corrected chi connectivity index (χ2v) is 1.69. The van der Waals surface area contributed by atoms with E-state index in [1.165, 1.54) is 0 Å². The summed E-state index contributed by atoms with van der Waals surface area (Å²) in [6, 6.07) is 0. The predicted octanol–water partition coefficient (Wildman–Crippen LogP) is 0.888. The Hall–Kier alpha value is -0.570. The van der Waals surface area contributed by atoms with Crippen LogP contribution in [0.25, 0.3) is 0 Å². The summed E-state index contributed by atoms with van der Waals surface area (Å²) in [5.41, 5.74) is 0. The fourth-order valence-corrected chi connectivity index (χ4v) is 0.470. The van der Waals surface area contributed by atoms with Gasteiger partial charge in [-0.2, -0.15) is 0 Å². The number of carboxylic acid groups (broad SMARTS) is 1. The van der Waals surface area contributed by atoms with Gasteiger partial charge in [0, 0.05) is 19.6 Å². The van der Waals surface area contributed by atoms with Crippen LogP contribution in [0, 0.1) is 0 Å². The van der Waals surface area contributed by atoms with Gasteiger partial charge >= 0.3 is 5.97 Å². The number of aliphatic carboxylic acids is 1. The topological polar surface area (TPSA) is 46.5 Å². The average molecular weight is 132 g/mol. The Morgan fingerprint density at radius 3 is 2.78 bits per heavy atom. The normalized spacial score (nSPS) is 9.44. The lowest BCUT2D eigenvalue weighted by atomic mass is 10.3. The third kappa shape index (κ3) is 7.43. The minimum atomic E-state index is -0.755. The van der Waals surface area contributed by atoms with E-state index < -0.39 is 5.97 Å². The summed E-state index contributed by atoms with van der Waals surface area (Å²) in [5.74, 6) is -0.755. The van der Waals surface area contributed by atoms with E-state index in [1.54, 1.807) is 0 Å². The number of hydrogen-bond acceptors (Lipinski definition) is 2. The summed E-state index contributed by atoms with van der Waals surface area (Å²) >= 11 is 0. The standard InChI is InChI=1S/C6H12O3/c1-2-9-5-3-4-6(7)8/h2-5H2,1H3,(H,7,8). The predicted molar refractivity (Wildman–Crippen MR) is 33.4 cm³/mol. The van der Waals surface area contributed by atoms with Crippen LogP contribution in [0.2, 0.25) is 0 Å². The lowest BCUT2D eigenvalue weighted by Gasteiger charge is -1.96. The van der Waals surface area contributed by atoms with Crippen molar-refractivity contribution in [2.75, 3.05) is 13.2 Å². The lowest BCUT2D eigenvalue weighted by molar-refractivity contribution is -0.137. The van der Waals surface area contributed by atoms with Crippen LogP contribution >= 0.6 is 0 Å². The number of hydrogen-bond donors (Lipinski definition) is 1. The van der Waals surface area contributed by atoms with Crippen molar-refractivity contribution in [2.45, 2.75) is 19.8 Å². The summed E-state index contributed by atoms with van der Waals surface area (Å²) < 4.78 is 4.92. The Bertz CT molecular complexity index is 80.4. The van der Waals surface area contributed by atoms with Gasteiger partial charge in [-0.15, -0.1) is 0 Å². The van der Waals surface area contributed by atoms with Crippen LogP contribution in [-0.4, -0.2) is 24.3 Å². The van der Waals surface area contributed by atoms with Gasteiger partial charge < -0.3 is 9.84 Å². The summed E-state index contributed by atoms with van der Waals surface area (Å²) in [6.45, 7) is 3.11. The van der Waals surface area contributed by atoms with E-state index in [1.807, 2.05) is 6.92 Å². The molecule has 0 aromatic carbocycles. The van der Waals surface area contributed by atoms with Crippen LogP contribution in [-0.2, 0) is 9.53 Å². The van der Waals surface area contributed by atoms with Gasteiger partial charge in [-0.25, -0.2) is 0 Å².